The van der Waals surface area contributed by atoms with E-state index in [1.165, 1.54) is 13.0 Å². The van der Waals surface area contributed by atoms with E-state index < -0.39 is 6.09 Å². The van der Waals surface area contributed by atoms with E-state index in [1.54, 1.807) is 24.3 Å². The Hall–Kier alpha value is -3.06. The number of fused-ring (bicyclic) bond motifs is 2. The SMILES string of the molecule is CCCNCCNC(=O)Oc1c2ccccc2c(O)c2oc(C(C)=O)cc12. The summed E-state index contributed by atoms with van der Waals surface area (Å²) in [5.41, 5.74) is 0.117. The molecule has 0 aliphatic carbocycles. The van der Waals surface area contributed by atoms with Gasteiger partial charge in [0.1, 0.15) is 0 Å². The quantitative estimate of drug-likeness (QED) is 0.434. The second-order valence-corrected chi connectivity index (χ2v) is 6.20. The Morgan fingerprint density at radius 2 is 1.85 bits per heavy atom. The van der Waals surface area contributed by atoms with Crippen molar-refractivity contribution in [3.05, 3.63) is 36.1 Å². The van der Waals surface area contributed by atoms with Gasteiger partial charge in [0.15, 0.2) is 28.6 Å². The number of phenolic OH excluding ortho intramolecular Hbond substituents is 1. The Morgan fingerprint density at radius 3 is 2.56 bits per heavy atom. The Morgan fingerprint density at radius 1 is 1.11 bits per heavy atom. The number of furan rings is 1. The third-order valence-corrected chi connectivity index (χ3v) is 4.16. The molecule has 0 bridgehead atoms. The van der Waals surface area contributed by atoms with Gasteiger partial charge >= 0.3 is 6.09 Å². The summed E-state index contributed by atoms with van der Waals surface area (Å²) in [6.07, 6.45) is 0.400. The Kier molecular flexibility index (Phi) is 5.61. The molecule has 7 heteroatoms. The van der Waals surface area contributed by atoms with Gasteiger partial charge in [0.05, 0.1) is 5.39 Å². The number of hydrogen-bond donors (Lipinski definition) is 3. The summed E-state index contributed by atoms with van der Waals surface area (Å²) in [6.45, 7) is 5.36. The van der Waals surface area contributed by atoms with Crippen molar-refractivity contribution in [2.24, 2.45) is 0 Å². The molecule has 3 aromatic rings. The number of carbonyl (C=O) groups excluding carboxylic acids is 2. The van der Waals surface area contributed by atoms with E-state index in [-0.39, 0.29) is 28.6 Å². The third-order valence-electron chi connectivity index (χ3n) is 4.16. The van der Waals surface area contributed by atoms with Crippen molar-refractivity contribution >= 4 is 33.6 Å². The molecule has 3 N–H and O–H groups in total. The van der Waals surface area contributed by atoms with Gasteiger partial charge < -0.3 is 24.9 Å². The number of benzene rings is 2. The van der Waals surface area contributed by atoms with Gasteiger partial charge in [-0.1, -0.05) is 31.2 Å². The number of ketones is 1. The summed E-state index contributed by atoms with van der Waals surface area (Å²) < 4.78 is 11.0. The van der Waals surface area contributed by atoms with Gasteiger partial charge in [-0.25, -0.2) is 4.79 Å². The number of phenols is 1. The largest absolute Gasteiger partial charge is 0.504 e. The number of Topliss-reactive ketones (excluding diaryl/α,β-unsaturated/α-hetero) is 1. The molecule has 0 fully saturated rings. The lowest BCUT2D eigenvalue weighted by Crippen LogP contribution is -2.34. The molecule has 142 valence electrons. The number of carbonyl (C=O) groups is 2. The van der Waals surface area contributed by atoms with Crippen molar-refractivity contribution in [3.8, 4) is 11.5 Å². The Labute approximate surface area is 156 Å². The monoisotopic (exact) mass is 370 g/mol. The van der Waals surface area contributed by atoms with Crippen LogP contribution in [0.1, 0.15) is 30.8 Å². The van der Waals surface area contributed by atoms with E-state index in [0.717, 1.165) is 13.0 Å². The van der Waals surface area contributed by atoms with E-state index in [0.29, 0.717) is 29.2 Å². The van der Waals surface area contributed by atoms with Gasteiger partial charge in [-0.2, -0.15) is 0 Å². The first-order valence-corrected chi connectivity index (χ1v) is 8.87. The maximum absolute atomic E-state index is 12.2. The minimum atomic E-state index is -0.615. The first-order chi connectivity index (χ1) is 13.0. The average molecular weight is 370 g/mol. The number of hydrogen-bond acceptors (Lipinski definition) is 6. The predicted molar refractivity (Wildman–Crippen MR) is 103 cm³/mol. The fourth-order valence-corrected chi connectivity index (χ4v) is 2.86. The number of nitrogens with one attached hydrogen (secondary N) is 2. The lowest BCUT2D eigenvalue weighted by atomic mass is 10.1. The zero-order valence-electron chi connectivity index (χ0n) is 15.3. The summed E-state index contributed by atoms with van der Waals surface area (Å²) in [6, 6.07) is 8.44. The molecule has 0 unspecified atom stereocenters. The summed E-state index contributed by atoms with van der Waals surface area (Å²) in [5, 5.41) is 17.8. The standard InChI is InChI=1S/C20H22N2O5/c1-3-8-21-9-10-22-20(25)27-18-14-7-5-4-6-13(14)17(24)19-15(18)11-16(26-19)12(2)23/h4-7,11,21,24H,3,8-10H2,1-2H3,(H,22,25). The highest BCUT2D eigenvalue weighted by molar-refractivity contribution is 6.11. The molecule has 3 rings (SSSR count). The second-order valence-electron chi connectivity index (χ2n) is 6.20. The van der Waals surface area contributed by atoms with Gasteiger partial charge in [-0.3, -0.25) is 4.79 Å². The molecule has 0 aliphatic heterocycles. The molecule has 0 aliphatic rings. The molecule has 1 heterocycles. The summed E-state index contributed by atoms with van der Waals surface area (Å²) >= 11 is 0. The van der Waals surface area contributed by atoms with Crippen molar-refractivity contribution in [1.82, 2.24) is 10.6 Å². The molecule has 2 aromatic carbocycles. The summed E-state index contributed by atoms with van der Waals surface area (Å²) in [5.74, 6) is -0.0463. The molecular weight excluding hydrogens is 348 g/mol. The van der Waals surface area contributed by atoms with Crippen molar-refractivity contribution in [1.29, 1.82) is 0 Å². The lowest BCUT2D eigenvalue weighted by molar-refractivity contribution is 0.0989. The Bertz CT molecular complexity index is 993. The first-order valence-electron chi connectivity index (χ1n) is 8.87. The summed E-state index contributed by atoms with van der Waals surface area (Å²) in [4.78, 5) is 23.9. The van der Waals surface area contributed by atoms with E-state index in [2.05, 4.69) is 17.6 Å². The van der Waals surface area contributed by atoms with Crippen LogP contribution in [0.25, 0.3) is 21.7 Å². The fraction of sp³-hybridized carbons (Fsp3) is 0.300. The molecule has 0 atom stereocenters. The molecule has 0 radical (unpaired) electrons. The molecule has 1 aromatic heterocycles. The number of ether oxygens (including phenoxy) is 1. The van der Waals surface area contributed by atoms with Crippen molar-refractivity contribution in [2.75, 3.05) is 19.6 Å². The van der Waals surface area contributed by atoms with Gasteiger partial charge in [-0.15, -0.1) is 0 Å². The van der Waals surface area contributed by atoms with Crippen molar-refractivity contribution in [2.45, 2.75) is 20.3 Å². The van der Waals surface area contributed by atoms with Gasteiger partial charge in [-0.05, 0) is 19.0 Å². The van der Waals surface area contributed by atoms with Crippen LogP contribution in [0.4, 0.5) is 4.79 Å². The fourth-order valence-electron chi connectivity index (χ4n) is 2.86. The van der Waals surface area contributed by atoms with Crippen LogP contribution in [0, 0.1) is 0 Å². The predicted octanol–water partition coefficient (Wildman–Crippen LogP) is 3.58. The highest BCUT2D eigenvalue weighted by Crippen LogP contribution is 2.43. The zero-order valence-corrected chi connectivity index (χ0v) is 15.3. The van der Waals surface area contributed by atoms with Crippen LogP contribution < -0.4 is 15.4 Å². The summed E-state index contributed by atoms with van der Waals surface area (Å²) in [7, 11) is 0. The zero-order chi connectivity index (χ0) is 19.4. The van der Waals surface area contributed by atoms with Gasteiger partial charge in [0, 0.05) is 30.8 Å². The minimum absolute atomic E-state index is 0.0876. The van der Waals surface area contributed by atoms with Crippen LogP contribution in [-0.4, -0.2) is 36.6 Å². The van der Waals surface area contributed by atoms with Crippen LogP contribution in [0.3, 0.4) is 0 Å². The lowest BCUT2D eigenvalue weighted by Gasteiger charge is -2.11. The van der Waals surface area contributed by atoms with Crippen LogP contribution in [0.5, 0.6) is 11.5 Å². The van der Waals surface area contributed by atoms with Crippen molar-refractivity contribution in [3.63, 3.8) is 0 Å². The second kappa shape index (κ2) is 8.09. The minimum Gasteiger partial charge on any atom is -0.504 e. The molecule has 0 spiro atoms. The smallest absolute Gasteiger partial charge is 0.412 e. The molecule has 0 saturated carbocycles. The first kappa shape index (κ1) is 18.7. The van der Waals surface area contributed by atoms with E-state index >= 15 is 0 Å². The van der Waals surface area contributed by atoms with Gasteiger partial charge in [0.25, 0.3) is 0 Å². The molecule has 7 nitrogen and oxygen atoms in total. The maximum atomic E-state index is 12.2. The number of amides is 1. The molecular formula is C20H22N2O5. The maximum Gasteiger partial charge on any atom is 0.412 e. The van der Waals surface area contributed by atoms with E-state index in [4.69, 9.17) is 9.15 Å². The van der Waals surface area contributed by atoms with Crippen LogP contribution >= 0.6 is 0 Å². The van der Waals surface area contributed by atoms with Crippen molar-refractivity contribution < 1.29 is 23.8 Å². The van der Waals surface area contributed by atoms with Crippen LogP contribution in [0.15, 0.2) is 34.7 Å². The van der Waals surface area contributed by atoms with Crippen LogP contribution in [-0.2, 0) is 0 Å². The molecule has 27 heavy (non-hydrogen) atoms. The van der Waals surface area contributed by atoms with E-state index in [9.17, 15) is 14.7 Å². The van der Waals surface area contributed by atoms with Gasteiger partial charge in [0.2, 0.25) is 0 Å². The normalized spacial score (nSPS) is 11.0. The molecule has 1 amide bonds. The topological polar surface area (TPSA) is 101 Å². The average Bonchev–Trinajstić information content (AvgIpc) is 3.11. The Balaban J connectivity index is 1.95. The molecule has 0 saturated heterocycles. The highest BCUT2D eigenvalue weighted by Gasteiger charge is 2.21. The number of rotatable bonds is 7. The third kappa shape index (κ3) is 3.88. The van der Waals surface area contributed by atoms with E-state index in [1.807, 2.05) is 0 Å². The van der Waals surface area contributed by atoms with Crippen LogP contribution in [0.2, 0.25) is 0 Å². The number of aromatic hydroxyl groups is 1. The highest BCUT2D eigenvalue weighted by atomic mass is 16.6.